The number of hydrogen-bond donors (Lipinski definition) is 1. The number of esters is 1. The van der Waals surface area contributed by atoms with Gasteiger partial charge in [0.05, 0.1) is 0 Å². The molecule has 0 aliphatic rings. The van der Waals surface area contributed by atoms with Crippen LogP contribution in [0.2, 0.25) is 0 Å². The highest BCUT2D eigenvalue weighted by Crippen LogP contribution is 2.14. The lowest BCUT2D eigenvalue weighted by Gasteiger charge is -2.17. The van der Waals surface area contributed by atoms with Crippen molar-refractivity contribution < 1.29 is 9.53 Å². The van der Waals surface area contributed by atoms with Gasteiger partial charge in [-0.25, -0.2) is 0 Å². The number of unbranched alkanes of at least 4 members (excludes halogenated alkanes) is 4. The van der Waals surface area contributed by atoms with Crippen molar-refractivity contribution in [1.82, 2.24) is 0 Å². The van der Waals surface area contributed by atoms with E-state index in [1.54, 1.807) is 0 Å². The van der Waals surface area contributed by atoms with Crippen LogP contribution in [0.5, 0.6) is 0 Å². The molecular formula is C15H31NO2. The summed E-state index contributed by atoms with van der Waals surface area (Å²) in [7, 11) is 0. The maximum Gasteiger partial charge on any atom is 0.306 e. The molecule has 0 aliphatic heterocycles. The zero-order valence-corrected chi connectivity index (χ0v) is 12.2. The minimum atomic E-state index is -0.0239. The first kappa shape index (κ1) is 17.4. The molecule has 0 radical (unpaired) electrons. The highest BCUT2D eigenvalue weighted by atomic mass is 16.5. The van der Waals surface area contributed by atoms with E-state index in [9.17, 15) is 4.79 Å². The predicted molar refractivity (Wildman–Crippen MR) is 76.5 cm³/mol. The van der Waals surface area contributed by atoms with Crippen molar-refractivity contribution in [2.75, 3.05) is 6.54 Å². The Balaban J connectivity index is 3.78. The molecule has 0 spiro atoms. The molecule has 108 valence electrons. The van der Waals surface area contributed by atoms with Crippen LogP contribution in [-0.2, 0) is 9.53 Å². The van der Waals surface area contributed by atoms with E-state index in [4.69, 9.17) is 10.5 Å². The van der Waals surface area contributed by atoms with Crippen LogP contribution in [-0.4, -0.2) is 18.6 Å². The van der Waals surface area contributed by atoms with E-state index in [2.05, 4.69) is 13.8 Å². The summed E-state index contributed by atoms with van der Waals surface area (Å²) in [6.45, 7) is 5.06. The molecule has 0 fully saturated rings. The highest BCUT2D eigenvalue weighted by molar-refractivity contribution is 5.69. The first-order chi connectivity index (χ1) is 8.74. The summed E-state index contributed by atoms with van der Waals surface area (Å²) in [6, 6.07) is 0. The molecule has 3 nitrogen and oxygen atoms in total. The summed E-state index contributed by atoms with van der Waals surface area (Å²) in [4.78, 5) is 11.7. The molecule has 0 atom stereocenters. The molecular weight excluding hydrogens is 226 g/mol. The van der Waals surface area contributed by atoms with Crippen molar-refractivity contribution in [3.05, 3.63) is 0 Å². The minimum Gasteiger partial charge on any atom is -0.462 e. The fourth-order valence-corrected chi connectivity index (χ4v) is 1.96. The second kappa shape index (κ2) is 12.9. The second-order valence-corrected chi connectivity index (χ2v) is 5.00. The second-order valence-electron chi connectivity index (χ2n) is 5.00. The van der Waals surface area contributed by atoms with Crippen molar-refractivity contribution >= 4 is 5.97 Å². The third-order valence-corrected chi connectivity index (χ3v) is 3.14. The molecule has 0 aromatic rings. The first-order valence-corrected chi connectivity index (χ1v) is 7.64. The van der Waals surface area contributed by atoms with Crippen LogP contribution >= 0.6 is 0 Å². The van der Waals surface area contributed by atoms with E-state index in [-0.39, 0.29) is 12.1 Å². The zero-order chi connectivity index (χ0) is 13.6. The molecule has 0 heterocycles. The third kappa shape index (κ3) is 10.6. The highest BCUT2D eigenvalue weighted by Gasteiger charge is 2.13. The van der Waals surface area contributed by atoms with Gasteiger partial charge in [0.25, 0.3) is 0 Å². The van der Waals surface area contributed by atoms with Crippen LogP contribution in [0.4, 0.5) is 0 Å². The number of hydrogen-bond acceptors (Lipinski definition) is 3. The SMILES string of the molecule is CCCCC(CCCC)OC(=O)CCCCCN. The lowest BCUT2D eigenvalue weighted by molar-refractivity contribution is -0.150. The number of carbonyl (C=O) groups excluding carboxylic acids is 1. The molecule has 0 unspecified atom stereocenters. The van der Waals surface area contributed by atoms with Gasteiger partial charge >= 0.3 is 5.97 Å². The van der Waals surface area contributed by atoms with E-state index in [0.717, 1.165) is 57.8 Å². The van der Waals surface area contributed by atoms with Gasteiger partial charge in [0.15, 0.2) is 0 Å². The van der Waals surface area contributed by atoms with Crippen LogP contribution in [0, 0.1) is 0 Å². The van der Waals surface area contributed by atoms with Crippen LogP contribution in [0.1, 0.15) is 78.1 Å². The third-order valence-electron chi connectivity index (χ3n) is 3.14. The maximum absolute atomic E-state index is 11.7. The van der Waals surface area contributed by atoms with Crippen LogP contribution in [0.3, 0.4) is 0 Å². The summed E-state index contributed by atoms with van der Waals surface area (Å²) in [6.07, 6.45) is 10.3. The molecule has 0 aliphatic carbocycles. The standard InChI is InChI=1S/C15H31NO2/c1-3-5-10-14(11-6-4-2)18-15(17)12-8-7-9-13-16/h14H,3-13,16H2,1-2H3. The lowest BCUT2D eigenvalue weighted by atomic mass is 10.1. The fourth-order valence-electron chi connectivity index (χ4n) is 1.96. The van der Waals surface area contributed by atoms with Crippen LogP contribution in [0.15, 0.2) is 0 Å². The summed E-state index contributed by atoms with van der Waals surface area (Å²) < 4.78 is 5.56. The van der Waals surface area contributed by atoms with E-state index in [0.29, 0.717) is 13.0 Å². The average Bonchev–Trinajstić information content (AvgIpc) is 2.38. The number of rotatable bonds is 12. The van der Waals surface area contributed by atoms with E-state index in [1.807, 2.05) is 0 Å². The van der Waals surface area contributed by atoms with Gasteiger partial charge in [-0.3, -0.25) is 4.79 Å². The molecule has 0 aromatic carbocycles. The Kier molecular flexibility index (Phi) is 12.5. The number of nitrogens with two attached hydrogens (primary N) is 1. The molecule has 0 aromatic heterocycles. The van der Waals surface area contributed by atoms with Crippen molar-refractivity contribution in [2.45, 2.75) is 84.2 Å². The molecule has 0 saturated heterocycles. The maximum atomic E-state index is 11.7. The largest absolute Gasteiger partial charge is 0.462 e. The quantitative estimate of drug-likeness (QED) is 0.427. The van der Waals surface area contributed by atoms with E-state index >= 15 is 0 Å². The smallest absolute Gasteiger partial charge is 0.306 e. The van der Waals surface area contributed by atoms with Gasteiger partial charge in [-0.1, -0.05) is 46.0 Å². The Morgan fingerprint density at radius 3 is 2.11 bits per heavy atom. The van der Waals surface area contributed by atoms with Gasteiger partial charge in [0, 0.05) is 6.42 Å². The minimum absolute atomic E-state index is 0.0239. The van der Waals surface area contributed by atoms with Gasteiger partial charge in [0.1, 0.15) is 6.10 Å². The predicted octanol–water partition coefficient (Wildman–Crippen LogP) is 3.80. The van der Waals surface area contributed by atoms with Gasteiger partial charge in [-0.2, -0.15) is 0 Å². The molecule has 18 heavy (non-hydrogen) atoms. The van der Waals surface area contributed by atoms with Crippen molar-refractivity contribution in [1.29, 1.82) is 0 Å². The van der Waals surface area contributed by atoms with E-state index in [1.165, 1.54) is 0 Å². The fraction of sp³-hybridized carbons (Fsp3) is 0.933. The molecule has 0 bridgehead atoms. The molecule has 0 rings (SSSR count). The van der Waals surface area contributed by atoms with Crippen LogP contribution < -0.4 is 5.73 Å². The topological polar surface area (TPSA) is 52.3 Å². The Morgan fingerprint density at radius 2 is 1.61 bits per heavy atom. The summed E-state index contributed by atoms with van der Waals surface area (Å²) in [5, 5.41) is 0. The Bertz CT molecular complexity index is 187. The first-order valence-electron chi connectivity index (χ1n) is 7.64. The van der Waals surface area contributed by atoms with Crippen LogP contribution in [0.25, 0.3) is 0 Å². The van der Waals surface area contributed by atoms with Crippen molar-refractivity contribution in [3.63, 3.8) is 0 Å². The molecule has 2 N–H and O–H groups in total. The number of ether oxygens (including phenoxy) is 1. The average molecular weight is 257 g/mol. The monoisotopic (exact) mass is 257 g/mol. The van der Waals surface area contributed by atoms with Crippen molar-refractivity contribution in [2.24, 2.45) is 5.73 Å². The van der Waals surface area contributed by atoms with Crippen molar-refractivity contribution in [3.8, 4) is 0 Å². The summed E-state index contributed by atoms with van der Waals surface area (Å²) in [5.74, 6) is -0.0239. The van der Waals surface area contributed by atoms with Gasteiger partial charge in [0.2, 0.25) is 0 Å². The summed E-state index contributed by atoms with van der Waals surface area (Å²) >= 11 is 0. The molecule has 3 heteroatoms. The van der Waals surface area contributed by atoms with E-state index < -0.39 is 0 Å². The lowest BCUT2D eigenvalue weighted by Crippen LogP contribution is -2.18. The Hall–Kier alpha value is -0.570. The number of carbonyl (C=O) groups is 1. The van der Waals surface area contributed by atoms with Gasteiger partial charge < -0.3 is 10.5 Å². The molecule has 0 saturated carbocycles. The normalized spacial score (nSPS) is 10.9. The Morgan fingerprint density at radius 1 is 1.00 bits per heavy atom. The van der Waals surface area contributed by atoms with Gasteiger partial charge in [-0.15, -0.1) is 0 Å². The zero-order valence-electron chi connectivity index (χ0n) is 12.2. The summed E-state index contributed by atoms with van der Waals surface area (Å²) in [5.41, 5.74) is 5.42. The molecule has 0 amide bonds. The van der Waals surface area contributed by atoms with Gasteiger partial charge in [-0.05, 0) is 32.2 Å². The Labute approximate surface area is 112 Å².